The van der Waals surface area contributed by atoms with Gasteiger partial charge in [-0.25, -0.2) is 4.39 Å². The van der Waals surface area contributed by atoms with Crippen LogP contribution in [0.5, 0.6) is 5.75 Å². The van der Waals surface area contributed by atoms with E-state index >= 15 is 0 Å². The monoisotopic (exact) mass is 385 g/mol. The Morgan fingerprint density at radius 1 is 1.14 bits per heavy atom. The van der Waals surface area contributed by atoms with Crippen LogP contribution in [0.1, 0.15) is 28.8 Å². The Kier molecular flexibility index (Phi) is 6.03. The Morgan fingerprint density at radius 2 is 1.89 bits per heavy atom. The van der Waals surface area contributed by atoms with Gasteiger partial charge in [0.1, 0.15) is 0 Å². The van der Waals surface area contributed by atoms with Gasteiger partial charge in [-0.15, -0.1) is 0 Å². The molecule has 6 nitrogen and oxygen atoms in total. The standard InChI is InChI=1S/C21H20FNO5/c1-27-19-9-6-15(12-17(19)22)18(24)13-28-21(26)11-14-4-7-16(8-5-14)23-10-2-3-20(23)25/h4-9,12H,2-3,10-11,13H2,1H3. The van der Waals surface area contributed by atoms with Crippen LogP contribution in [0.2, 0.25) is 0 Å². The molecular formula is C21H20FNO5. The van der Waals surface area contributed by atoms with Gasteiger partial charge in [0.2, 0.25) is 5.91 Å². The van der Waals surface area contributed by atoms with Gasteiger partial charge in [-0.05, 0) is 42.3 Å². The summed E-state index contributed by atoms with van der Waals surface area (Å²) in [5.74, 6) is -1.59. The first-order valence-corrected chi connectivity index (χ1v) is 8.89. The van der Waals surface area contributed by atoms with Crippen LogP contribution in [0.25, 0.3) is 0 Å². The van der Waals surface area contributed by atoms with Crippen molar-refractivity contribution in [1.82, 2.24) is 0 Å². The van der Waals surface area contributed by atoms with Crippen molar-refractivity contribution in [3.8, 4) is 5.75 Å². The molecule has 146 valence electrons. The molecule has 0 saturated carbocycles. The van der Waals surface area contributed by atoms with E-state index in [2.05, 4.69) is 0 Å². The molecule has 7 heteroatoms. The molecule has 0 unspecified atom stereocenters. The Morgan fingerprint density at radius 3 is 2.50 bits per heavy atom. The molecule has 0 atom stereocenters. The first-order chi connectivity index (χ1) is 13.5. The minimum Gasteiger partial charge on any atom is -0.494 e. The molecule has 0 bridgehead atoms. The summed E-state index contributed by atoms with van der Waals surface area (Å²) < 4.78 is 23.5. The molecule has 0 spiro atoms. The van der Waals surface area contributed by atoms with Crippen LogP contribution in [-0.4, -0.2) is 37.9 Å². The van der Waals surface area contributed by atoms with Crippen LogP contribution in [-0.2, 0) is 20.7 Å². The lowest BCUT2D eigenvalue weighted by atomic mass is 10.1. The number of carbonyl (C=O) groups excluding carboxylic acids is 3. The smallest absolute Gasteiger partial charge is 0.310 e. The van der Waals surface area contributed by atoms with E-state index in [4.69, 9.17) is 9.47 Å². The zero-order chi connectivity index (χ0) is 20.1. The zero-order valence-corrected chi connectivity index (χ0v) is 15.4. The molecule has 0 radical (unpaired) electrons. The maximum Gasteiger partial charge on any atom is 0.310 e. The third-order valence-electron chi connectivity index (χ3n) is 4.51. The minimum atomic E-state index is -0.656. The van der Waals surface area contributed by atoms with Crippen molar-refractivity contribution in [3.05, 3.63) is 59.4 Å². The number of nitrogens with zero attached hydrogens (tertiary/aromatic N) is 1. The van der Waals surface area contributed by atoms with Crippen LogP contribution in [0, 0.1) is 5.82 Å². The molecule has 1 aliphatic heterocycles. The van der Waals surface area contributed by atoms with Crippen LogP contribution in [0.15, 0.2) is 42.5 Å². The van der Waals surface area contributed by atoms with Gasteiger partial charge in [0.15, 0.2) is 24.0 Å². The first-order valence-electron chi connectivity index (χ1n) is 8.89. The van der Waals surface area contributed by atoms with Crippen molar-refractivity contribution in [2.24, 2.45) is 0 Å². The number of hydrogen-bond acceptors (Lipinski definition) is 5. The third-order valence-corrected chi connectivity index (χ3v) is 4.51. The van der Waals surface area contributed by atoms with Crippen molar-refractivity contribution in [2.45, 2.75) is 19.3 Å². The Labute approximate surface area is 161 Å². The van der Waals surface area contributed by atoms with Gasteiger partial charge in [-0.1, -0.05) is 12.1 Å². The molecule has 2 aromatic rings. The molecule has 1 saturated heterocycles. The number of ether oxygens (including phenoxy) is 2. The Hall–Kier alpha value is -3.22. The molecule has 28 heavy (non-hydrogen) atoms. The summed E-state index contributed by atoms with van der Waals surface area (Å²) >= 11 is 0. The molecule has 0 aromatic heterocycles. The second-order valence-electron chi connectivity index (χ2n) is 6.43. The summed E-state index contributed by atoms with van der Waals surface area (Å²) in [6.07, 6.45) is 1.40. The molecule has 1 amide bonds. The molecule has 3 rings (SSSR count). The average Bonchev–Trinajstić information content (AvgIpc) is 3.12. The number of anilines is 1. The summed E-state index contributed by atoms with van der Waals surface area (Å²) in [5, 5.41) is 0. The minimum absolute atomic E-state index is 0.00151. The van der Waals surface area contributed by atoms with Gasteiger partial charge in [0, 0.05) is 24.2 Å². The van der Waals surface area contributed by atoms with Gasteiger partial charge >= 0.3 is 5.97 Å². The molecular weight excluding hydrogens is 365 g/mol. The van der Waals surface area contributed by atoms with E-state index in [1.807, 2.05) is 0 Å². The summed E-state index contributed by atoms with van der Waals surface area (Å²) in [6.45, 7) is 0.235. The maximum absolute atomic E-state index is 13.7. The summed E-state index contributed by atoms with van der Waals surface area (Å²) in [6, 6.07) is 10.9. The number of amides is 1. The summed E-state index contributed by atoms with van der Waals surface area (Å²) in [5.41, 5.74) is 1.62. The lowest BCUT2D eigenvalue weighted by Crippen LogP contribution is -2.23. The second-order valence-corrected chi connectivity index (χ2v) is 6.43. The van der Waals surface area contributed by atoms with Crippen LogP contribution >= 0.6 is 0 Å². The van der Waals surface area contributed by atoms with Gasteiger partial charge < -0.3 is 14.4 Å². The van der Waals surface area contributed by atoms with Crippen molar-refractivity contribution >= 4 is 23.3 Å². The quantitative estimate of drug-likeness (QED) is 0.541. The van der Waals surface area contributed by atoms with E-state index in [0.29, 0.717) is 18.5 Å². The van der Waals surface area contributed by atoms with Gasteiger partial charge in [0.25, 0.3) is 0 Å². The SMILES string of the molecule is COc1ccc(C(=O)COC(=O)Cc2ccc(N3CCCC3=O)cc2)cc1F. The molecule has 1 fully saturated rings. The fourth-order valence-corrected chi connectivity index (χ4v) is 3.00. The normalized spacial score (nSPS) is 13.5. The van der Waals surface area contributed by atoms with Crippen molar-refractivity contribution in [1.29, 1.82) is 0 Å². The van der Waals surface area contributed by atoms with E-state index in [0.717, 1.165) is 18.2 Å². The largest absolute Gasteiger partial charge is 0.494 e. The topological polar surface area (TPSA) is 72.9 Å². The number of Topliss-reactive ketones (excluding diaryl/α,β-unsaturated/α-hetero) is 1. The lowest BCUT2D eigenvalue weighted by molar-refractivity contribution is -0.141. The van der Waals surface area contributed by atoms with Gasteiger partial charge in [-0.2, -0.15) is 0 Å². The second kappa shape index (κ2) is 8.65. The number of ketones is 1. The lowest BCUT2D eigenvalue weighted by Gasteiger charge is -2.15. The Bertz CT molecular complexity index is 894. The number of esters is 1. The van der Waals surface area contributed by atoms with Crippen molar-refractivity contribution in [3.63, 3.8) is 0 Å². The highest BCUT2D eigenvalue weighted by Crippen LogP contribution is 2.22. The van der Waals surface area contributed by atoms with E-state index in [1.165, 1.54) is 19.2 Å². The fourth-order valence-electron chi connectivity index (χ4n) is 3.00. The van der Waals surface area contributed by atoms with E-state index in [9.17, 15) is 18.8 Å². The predicted octanol–water partition coefficient (Wildman–Crippen LogP) is 2.93. The van der Waals surface area contributed by atoms with E-state index < -0.39 is 24.2 Å². The van der Waals surface area contributed by atoms with Crippen LogP contribution in [0.3, 0.4) is 0 Å². The van der Waals surface area contributed by atoms with Gasteiger partial charge in [-0.3, -0.25) is 14.4 Å². The highest BCUT2D eigenvalue weighted by molar-refractivity contribution is 5.98. The number of carbonyl (C=O) groups is 3. The highest BCUT2D eigenvalue weighted by Gasteiger charge is 2.21. The predicted molar refractivity (Wildman–Crippen MR) is 100.0 cm³/mol. The Balaban J connectivity index is 1.52. The molecule has 0 N–H and O–H groups in total. The summed E-state index contributed by atoms with van der Waals surface area (Å²) in [7, 11) is 1.33. The average molecular weight is 385 g/mol. The van der Waals surface area contributed by atoms with Crippen molar-refractivity contribution < 1.29 is 28.2 Å². The van der Waals surface area contributed by atoms with Gasteiger partial charge in [0.05, 0.1) is 13.5 Å². The molecule has 1 heterocycles. The maximum atomic E-state index is 13.7. The van der Waals surface area contributed by atoms with E-state index in [-0.39, 0.29) is 23.6 Å². The molecule has 2 aromatic carbocycles. The fraction of sp³-hybridized carbons (Fsp3) is 0.286. The van der Waals surface area contributed by atoms with Crippen LogP contribution < -0.4 is 9.64 Å². The number of hydrogen-bond donors (Lipinski definition) is 0. The zero-order valence-electron chi connectivity index (χ0n) is 15.4. The first kappa shape index (κ1) is 19.5. The number of methoxy groups -OCH3 is 1. The number of halogens is 1. The molecule has 1 aliphatic rings. The van der Waals surface area contributed by atoms with Crippen molar-refractivity contribution in [2.75, 3.05) is 25.2 Å². The number of benzene rings is 2. The van der Waals surface area contributed by atoms with E-state index in [1.54, 1.807) is 29.2 Å². The molecule has 0 aliphatic carbocycles. The van der Waals surface area contributed by atoms with Crippen LogP contribution in [0.4, 0.5) is 10.1 Å². The number of rotatable bonds is 7. The highest BCUT2D eigenvalue weighted by atomic mass is 19.1. The summed E-state index contributed by atoms with van der Waals surface area (Å²) in [4.78, 5) is 37.5. The third kappa shape index (κ3) is 4.54.